The molecule has 0 bridgehead atoms. The van der Waals surface area contributed by atoms with Crippen molar-refractivity contribution < 1.29 is 9.53 Å². The standard InChI is InChI=1S/C18H16N2O2/c1-13-7-5-6-10-15(13)17-19-11-16(20-17)18(21)22-12-14-8-3-2-4-9-14/h2-11H,12H2,1H3,(H,19,20). The third-order valence-electron chi connectivity index (χ3n) is 3.41. The maximum absolute atomic E-state index is 12.1. The van der Waals surface area contributed by atoms with Crippen molar-refractivity contribution in [2.75, 3.05) is 0 Å². The second kappa shape index (κ2) is 6.26. The second-order valence-corrected chi connectivity index (χ2v) is 5.02. The molecule has 0 aliphatic carbocycles. The average molecular weight is 292 g/mol. The van der Waals surface area contributed by atoms with Crippen LogP contribution in [0.3, 0.4) is 0 Å². The van der Waals surface area contributed by atoms with Gasteiger partial charge < -0.3 is 9.72 Å². The van der Waals surface area contributed by atoms with Crippen LogP contribution in [0.25, 0.3) is 11.4 Å². The van der Waals surface area contributed by atoms with Crippen LogP contribution in [0.1, 0.15) is 21.6 Å². The predicted octanol–water partition coefficient (Wildman–Crippen LogP) is 3.74. The van der Waals surface area contributed by atoms with Crippen LogP contribution in [0.5, 0.6) is 0 Å². The molecular formula is C18H16N2O2. The number of carbonyl (C=O) groups excluding carboxylic acids is 1. The monoisotopic (exact) mass is 292 g/mol. The number of aryl methyl sites for hydroxylation is 1. The van der Waals surface area contributed by atoms with E-state index in [0.717, 1.165) is 16.7 Å². The van der Waals surface area contributed by atoms with Crippen molar-refractivity contribution in [1.82, 2.24) is 9.97 Å². The van der Waals surface area contributed by atoms with Gasteiger partial charge in [0, 0.05) is 5.56 Å². The summed E-state index contributed by atoms with van der Waals surface area (Å²) in [5.74, 6) is 0.265. The smallest absolute Gasteiger partial charge is 0.356 e. The number of carbonyl (C=O) groups is 1. The summed E-state index contributed by atoms with van der Waals surface area (Å²) in [6, 6.07) is 17.5. The van der Waals surface area contributed by atoms with E-state index in [1.165, 1.54) is 6.20 Å². The SMILES string of the molecule is Cc1ccccc1-c1ncc(C(=O)OCc2ccccc2)[nH]1. The summed E-state index contributed by atoms with van der Waals surface area (Å²) >= 11 is 0. The molecule has 0 unspecified atom stereocenters. The highest BCUT2D eigenvalue weighted by atomic mass is 16.5. The van der Waals surface area contributed by atoms with Gasteiger partial charge >= 0.3 is 5.97 Å². The van der Waals surface area contributed by atoms with E-state index in [4.69, 9.17) is 4.74 Å². The molecule has 0 radical (unpaired) electrons. The molecule has 0 spiro atoms. The van der Waals surface area contributed by atoms with E-state index >= 15 is 0 Å². The third kappa shape index (κ3) is 3.06. The first kappa shape index (κ1) is 14.1. The van der Waals surface area contributed by atoms with Crippen molar-refractivity contribution in [3.63, 3.8) is 0 Å². The Morgan fingerprint density at radius 3 is 2.59 bits per heavy atom. The highest BCUT2D eigenvalue weighted by Gasteiger charge is 2.13. The molecule has 4 nitrogen and oxygen atoms in total. The van der Waals surface area contributed by atoms with Gasteiger partial charge in [0.2, 0.25) is 0 Å². The molecule has 0 fully saturated rings. The Balaban J connectivity index is 1.71. The molecule has 3 rings (SSSR count). The van der Waals surface area contributed by atoms with E-state index in [1.807, 2.05) is 61.5 Å². The Kier molecular flexibility index (Phi) is 4.01. The van der Waals surface area contributed by atoms with Crippen LogP contribution in [0.15, 0.2) is 60.8 Å². The number of aromatic amines is 1. The number of nitrogens with zero attached hydrogens (tertiary/aromatic N) is 1. The highest BCUT2D eigenvalue weighted by molar-refractivity contribution is 5.87. The number of rotatable bonds is 4. The maximum Gasteiger partial charge on any atom is 0.356 e. The van der Waals surface area contributed by atoms with Crippen LogP contribution in [0.2, 0.25) is 0 Å². The summed E-state index contributed by atoms with van der Waals surface area (Å²) < 4.78 is 5.28. The van der Waals surface area contributed by atoms with Crippen LogP contribution >= 0.6 is 0 Å². The lowest BCUT2D eigenvalue weighted by Crippen LogP contribution is -2.05. The average Bonchev–Trinajstić information content (AvgIpc) is 3.04. The lowest BCUT2D eigenvalue weighted by atomic mass is 10.1. The van der Waals surface area contributed by atoms with Crippen molar-refractivity contribution in [2.45, 2.75) is 13.5 Å². The van der Waals surface area contributed by atoms with E-state index in [1.54, 1.807) is 0 Å². The Labute approximate surface area is 128 Å². The molecule has 2 aromatic carbocycles. The van der Waals surface area contributed by atoms with E-state index in [2.05, 4.69) is 9.97 Å². The first-order chi connectivity index (χ1) is 10.7. The van der Waals surface area contributed by atoms with Gasteiger partial charge in [-0.1, -0.05) is 54.6 Å². The molecule has 1 aromatic heterocycles. The molecule has 0 amide bonds. The normalized spacial score (nSPS) is 10.4. The number of nitrogens with one attached hydrogen (secondary N) is 1. The first-order valence-electron chi connectivity index (χ1n) is 7.06. The van der Waals surface area contributed by atoms with Crippen molar-refractivity contribution in [3.05, 3.63) is 77.6 Å². The van der Waals surface area contributed by atoms with Crippen LogP contribution in [-0.2, 0) is 11.3 Å². The zero-order valence-corrected chi connectivity index (χ0v) is 12.2. The highest BCUT2D eigenvalue weighted by Crippen LogP contribution is 2.20. The minimum Gasteiger partial charge on any atom is -0.456 e. The van der Waals surface area contributed by atoms with Crippen LogP contribution < -0.4 is 0 Å². The summed E-state index contributed by atoms with van der Waals surface area (Å²) in [4.78, 5) is 19.3. The van der Waals surface area contributed by atoms with Gasteiger partial charge in [-0.05, 0) is 18.1 Å². The molecule has 0 saturated heterocycles. The lowest BCUT2D eigenvalue weighted by molar-refractivity contribution is 0.0466. The van der Waals surface area contributed by atoms with Crippen molar-refractivity contribution >= 4 is 5.97 Å². The number of benzene rings is 2. The summed E-state index contributed by atoms with van der Waals surface area (Å²) in [6.45, 7) is 2.25. The molecule has 0 saturated carbocycles. The van der Waals surface area contributed by atoms with Gasteiger partial charge in [-0.2, -0.15) is 0 Å². The molecule has 0 aliphatic rings. The van der Waals surface area contributed by atoms with Crippen molar-refractivity contribution in [3.8, 4) is 11.4 Å². The number of imidazole rings is 1. The first-order valence-corrected chi connectivity index (χ1v) is 7.06. The molecule has 22 heavy (non-hydrogen) atoms. The number of H-pyrrole nitrogens is 1. The minimum atomic E-state index is -0.406. The minimum absolute atomic E-state index is 0.248. The van der Waals surface area contributed by atoms with Gasteiger partial charge in [-0.3, -0.25) is 0 Å². The number of ether oxygens (including phenoxy) is 1. The van der Waals surface area contributed by atoms with Crippen molar-refractivity contribution in [2.24, 2.45) is 0 Å². The molecule has 110 valence electrons. The topological polar surface area (TPSA) is 55.0 Å². The number of hydrogen-bond acceptors (Lipinski definition) is 3. The van der Waals surface area contributed by atoms with Gasteiger partial charge in [0.15, 0.2) is 0 Å². The Hall–Kier alpha value is -2.88. The fourth-order valence-electron chi connectivity index (χ4n) is 2.20. The second-order valence-electron chi connectivity index (χ2n) is 5.02. The number of hydrogen-bond donors (Lipinski definition) is 1. The molecule has 1 heterocycles. The molecule has 0 aliphatic heterocycles. The number of aromatic nitrogens is 2. The van der Waals surface area contributed by atoms with Crippen LogP contribution in [-0.4, -0.2) is 15.9 Å². The summed E-state index contributed by atoms with van der Waals surface area (Å²) in [5.41, 5.74) is 3.38. The van der Waals surface area contributed by atoms with Gasteiger partial charge in [0.25, 0.3) is 0 Å². The largest absolute Gasteiger partial charge is 0.456 e. The Bertz CT molecular complexity index is 779. The fourth-order valence-corrected chi connectivity index (χ4v) is 2.20. The Morgan fingerprint density at radius 1 is 1.09 bits per heavy atom. The predicted molar refractivity (Wildman–Crippen MR) is 84.3 cm³/mol. The molecule has 3 aromatic rings. The lowest BCUT2D eigenvalue weighted by Gasteiger charge is -2.03. The quantitative estimate of drug-likeness (QED) is 0.745. The van der Waals surface area contributed by atoms with Crippen LogP contribution in [0, 0.1) is 6.92 Å². The van der Waals surface area contributed by atoms with Gasteiger partial charge in [0.1, 0.15) is 18.1 Å². The fraction of sp³-hybridized carbons (Fsp3) is 0.111. The van der Waals surface area contributed by atoms with Crippen molar-refractivity contribution in [1.29, 1.82) is 0 Å². The zero-order valence-electron chi connectivity index (χ0n) is 12.2. The molecule has 1 N–H and O–H groups in total. The summed E-state index contributed by atoms with van der Waals surface area (Å²) in [5, 5.41) is 0. The maximum atomic E-state index is 12.1. The molecular weight excluding hydrogens is 276 g/mol. The number of esters is 1. The Morgan fingerprint density at radius 2 is 1.82 bits per heavy atom. The molecule has 4 heteroatoms. The zero-order chi connectivity index (χ0) is 15.4. The van der Waals surface area contributed by atoms with Gasteiger partial charge in [-0.25, -0.2) is 9.78 Å². The van der Waals surface area contributed by atoms with E-state index in [-0.39, 0.29) is 6.61 Å². The van der Waals surface area contributed by atoms with Gasteiger partial charge in [-0.15, -0.1) is 0 Å². The van der Waals surface area contributed by atoms with E-state index in [0.29, 0.717) is 11.5 Å². The third-order valence-corrected chi connectivity index (χ3v) is 3.41. The van der Waals surface area contributed by atoms with E-state index < -0.39 is 5.97 Å². The summed E-state index contributed by atoms with van der Waals surface area (Å²) in [6.07, 6.45) is 1.51. The van der Waals surface area contributed by atoms with Gasteiger partial charge in [0.05, 0.1) is 6.20 Å². The van der Waals surface area contributed by atoms with Crippen LogP contribution in [0.4, 0.5) is 0 Å². The van der Waals surface area contributed by atoms with E-state index in [9.17, 15) is 4.79 Å². The molecule has 0 atom stereocenters. The summed E-state index contributed by atoms with van der Waals surface area (Å²) in [7, 11) is 0.